The summed E-state index contributed by atoms with van der Waals surface area (Å²) in [6.45, 7) is 0.892. The number of nitrogens with zero attached hydrogens (tertiary/aromatic N) is 1. The average molecular weight is 225 g/mol. The van der Waals surface area contributed by atoms with E-state index in [-0.39, 0.29) is 18.6 Å². The van der Waals surface area contributed by atoms with E-state index in [1.165, 1.54) is 0 Å². The Morgan fingerprint density at radius 1 is 1.67 bits per heavy atom. The Morgan fingerprint density at radius 3 is 3.20 bits per heavy atom. The van der Waals surface area contributed by atoms with Crippen molar-refractivity contribution in [1.29, 1.82) is 0 Å². The number of carbonyl (C=O) groups is 1. The predicted octanol–water partition coefficient (Wildman–Crippen LogP) is 1.27. The van der Waals surface area contributed by atoms with Crippen LogP contribution in [-0.2, 0) is 11.2 Å². The summed E-state index contributed by atoms with van der Waals surface area (Å²) in [4.78, 5) is 13.7. The van der Waals surface area contributed by atoms with Gasteiger partial charge in [-0.25, -0.2) is 0 Å². The van der Waals surface area contributed by atoms with Crippen molar-refractivity contribution < 1.29 is 9.90 Å². The molecule has 2 rings (SSSR count). The largest absolute Gasteiger partial charge is 0.394 e. The lowest BCUT2D eigenvalue weighted by Crippen LogP contribution is -2.38. The number of likely N-dealkylation sites (tertiary alicyclic amines) is 1. The fraction of sp³-hybridized carbons (Fsp3) is 0.545. The first-order valence-corrected chi connectivity index (χ1v) is 6.17. The van der Waals surface area contributed by atoms with Crippen LogP contribution in [0.2, 0.25) is 0 Å². The maximum Gasteiger partial charge on any atom is 0.227 e. The Labute approximate surface area is 93.3 Å². The number of hydrogen-bond acceptors (Lipinski definition) is 3. The minimum Gasteiger partial charge on any atom is -0.394 e. The molecule has 0 bridgehead atoms. The van der Waals surface area contributed by atoms with Gasteiger partial charge in [0.15, 0.2) is 0 Å². The summed E-state index contributed by atoms with van der Waals surface area (Å²) in [5, 5.41) is 13.1. The molecule has 1 aromatic heterocycles. The number of hydrogen-bond donors (Lipinski definition) is 1. The summed E-state index contributed by atoms with van der Waals surface area (Å²) in [5.41, 5.74) is 1.08. The van der Waals surface area contributed by atoms with Gasteiger partial charge in [0.05, 0.1) is 19.1 Å². The fourth-order valence-electron chi connectivity index (χ4n) is 2.02. The molecule has 0 unspecified atom stereocenters. The number of aliphatic hydroxyl groups excluding tert-OH is 1. The van der Waals surface area contributed by atoms with Crippen molar-refractivity contribution in [1.82, 2.24) is 4.90 Å². The quantitative estimate of drug-likeness (QED) is 0.841. The van der Waals surface area contributed by atoms with Gasteiger partial charge in [0.25, 0.3) is 0 Å². The molecule has 0 aromatic carbocycles. The topological polar surface area (TPSA) is 40.5 Å². The van der Waals surface area contributed by atoms with Crippen LogP contribution in [0.25, 0.3) is 0 Å². The lowest BCUT2D eigenvalue weighted by Gasteiger charge is -2.22. The number of amides is 1. The van der Waals surface area contributed by atoms with E-state index in [1.54, 1.807) is 11.3 Å². The highest BCUT2D eigenvalue weighted by Crippen LogP contribution is 2.18. The highest BCUT2D eigenvalue weighted by Gasteiger charge is 2.27. The third-order valence-corrected chi connectivity index (χ3v) is 3.58. The van der Waals surface area contributed by atoms with Gasteiger partial charge in [-0.2, -0.15) is 11.3 Å². The van der Waals surface area contributed by atoms with Crippen molar-refractivity contribution in [2.75, 3.05) is 13.2 Å². The summed E-state index contributed by atoms with van der Waals surface area (Å²) < 4.78 is 0. The molecule has 1 saturated heterocycles. The second-order valence-corrected chi connectivity index (χ2v) is 4.65. The van der Waals surface area contributed by atoms with Gasteiger partial charge in [-0.05, 0) is 35.2 Å². The minimum absolute atomic E-state index is 0.0520. The summed E-state index contributed by atoms with van der Waals surface area (Å²) in [6.07, 6.45) is 2.42. The molecule has 82 valence electrons. The number of carbonyl (C=O) groups excluding carboxylic acids is 1. The van der Waals surface area contributed by atoms with E-state index in [0.717, 1.165) is 24.9 Å². The van der Waals surface area contributed by atoms with Crippen molar-refractivity contribution in [2.45, 2.75) is 25.3 Å². The third-order valence-electron chi connectivity index (χ3n) is 2.84. The second-order valence-electron chi connectivity index (χ2n) is 3.87. The molecule has 1 N–H and O–H groups in total. The number of thiophene rings is 1. The van der Waals surface area contributed by atoms with Crippen LogP contribution in [0, 0.1) is 0 Å². The molecule has 1 aromatic rings. The van der Waals surface area contributed by atoms with Crippen LogP contribution in [0.1, 0.15) is 18.4 Å². The highest BCUT2D eigenvalue weighted by molar-refractivity contribution is 7.07. The molecule has 1 amide bonds. The van der Waals surface area contributed by atoms with Crippen LogP contribution in [0.4, 0.5) is 0 Å². The monoisotopic (exact) mass is 225 g/mol. The van der Waals surface area contributed by atoms with Crippen molar-refractivity contribution in [3.05, 3.63) is 22.4 Å². The molecule has 4 heteroatoms. The van der Waals surface area contributed by atoms with E-state index < -0.39 is 0 Å². The predicted molar refractivity (Wildman–Crippen MR) is 59.8 cm³/mol. The molecule has 0 saturated carbocycles. The van der Waals surface area contributed by atoms with Crippen LogP contribution in [0.3, 0.4) is 0 Å². The van der Waals surface area contributed by atoms with E-state index in [2.05, 4.69) is 0 Å². The first kappa shape index (κ1) is 10.6. The van der Waals surface area contributed by atoms with Crippen molar-refractivity contribution in [3.63, 3.8) is 0 Å². The summed E-state index contributed by atoms with van der Waals surface area (Å²) in [6, 6.07) is 2.03. The molecule has 0 aliphatic carbocycles. The molecule has 1 aliphatic rings. The zero-order valence-corrected chi connectivity index (χ0v) is 9.37. The Hall–Kier alpha value is -0.870. The van der Waals surface area contributed by atoms with Gasteiger partial charge in [0.2, 0.25) is 5.91 Å². The van der Waals surface area contributed by atoms with Gasteiger partial charge >= 0.3 is 0 Å². The van der Waals surface area contributed by atoms with Crippen molar-refractivity contribution >= 4 is 17.2 Å². The first-order chi connectivity index (χ1) is 7.31. The minimum atomic E-state index is 0.0520. The van der Waals surface area contributed by atoms with E-state index in [9.17, 15) is 4.79 Å². The normalized spacial score (nSPS) is 20.9. The Kier molecular flexibility index (Phi) is 3.38. The van der Waals surface area contributed by atoms with Gasteiger partial charge < -0.3 is 10.0 Å². The smallest absolute Gasteiger partial charge is 0.227 e. The van der Waals surface area contributed by atoms with Crippen LogP contribution < -0.4 is 0 Å². The number of rotatable bonds is 3. The molecular formula is C11H15NO2S. The van der Waals surface area contributed by atoms with Gasteiger partial charge in [-0.15, -0.1) is 0 Å². The number of aliphatic hydroxyl groups is 1. The van der Waals surface area contributed by atoms with Gasteiger partial charge in [0, 0.05) is 6.54 Å². The molecule has 2 heterocycles. The molecule has 0 spiro atoms. The van der Waals surface area contributed by atoms with E-state index in [0.29, 0.717) is 6.42 Å². The van der Waals surface area contributed by atoms with Crippen LogP contribution in [-0.4, -0.2) is 35.1 Å². The standard InChI is InChI=1S/C11H15NO2S/c13-7-10-2-1-4-12(10)11(14)6-9-3-5-15-8-9/h3,5,8,10,13H,1-2,4,6-7H2/t10-/m1/s1. The second kappa shape index (κ2) is 4.77. The maximum absolute atomic E-state index is 11.9. The highest BCUT2D eigenvalue weighted by atomic mass is 32.1. The Morgan fingerprint density at radius 2 is 2.53 bits per heavy atom. The summed E-state index contributed by atoms with van der Waals surface area (Å²) in [5.74, 6) is 0.143. The maximum atomic E-state index is 11.9. The molecule has 1 fully saturated rings. The molecule has 15 heavy (non-hydrogen) atoms. The average Bonchev–Trinajstić information content (AvgIpc) is 2.86. The third kappa shape index (κ3) is 2.38. The lowest BCUT2D eigenvalue weighted by molar-refractivity contribution is -0.131. The Bertz CT molecular complexity index is 323. The van der Waals surface area contributed by atoms with E-state index in [4.69, 9.17) is 5.11 Å². The fourth-order valence-corrected chi connectivity index (χ4v) is 2.69. The molecule has 1 aliphatic heterocycles. The molecule has 1 atom stereocenters. The van der Waals surface area contributed by atoms with Crippen LogP contribution in [0.15, 0.2) is 16.8 Å². The van der Waals surface area contributed by atoms with Crippen molar-refractivity contribution in [2.24, 2.45) is 0 Å². The van der Waals surface area contributed by atoms with Gasteiger partial charge in [-0.1, -0.05) is 0 Å². The summed E-state index contributed by atoms with van der Waals surface area (Å²) in [7, 11) is 0. The zero-order chi connectivity index (χ0) is 10.7. The molecule has 3 nitrogen and oxygen atoms in total. The zero-order valence-electron chi connectivity index (χ0n) is 8.56. The molecule has 0 radical (unpaired) electrons. The molecular weight excluding hydrogens is 210 g/mol. The van der Waals surface area contributed by atoms with Crippen LogP contribution in [0.5, 0.6) is 0 Å². The van der Waals surface area contributed by atoms with E-state index in [1.807, 2.05) is 21.7 Å². The van der Waals surface area contributed by atoms with E-state index >= 15 is 0 Å². The lowest BCUT2D eigenvalue weighted by atomic mass is 10.2. The van der Waals surface area contributed by atoms with Crippen LogP contribution >= 0.6 is 11.3 Å². The van der Waals surface area contributed by atoms with Crippen molar-refractivity contribution in [3.8, 4) is 0 Å². The Balaban J connectivity index is 1.96. The summed E-state index contributed by atoms with van der Waals surface area (Å²) >= 11 is 1.61. The first-order valence-electron chi connectivity index (χ1n) is 5.22. The van der Waals surface area contributed by atoms with Gasteiger partial charge in [-0.3, -0.25) is 4.79 Å². The SMILES string of the molecule is O=C(Cc1ccsc1)N1CCC[C@@H]1CO. The van der Waals surface area contributed by atoms with Gasteiger partial charge in [0.1, 0.15) is 0 Å².